The molecule has 0 saturated carbocycles. The molecule has 2 fully saturated rings. The third kappa shape index (κ3) is 2.72. The van der Waals surface area contributed by atoms with Crippen molar-refractivity contribution < 1.29 is 4.42 Å². The Labute approximate surface area is 126 Å². The number of nitrogens with one attached hydrogen (secondary N) is 1. The second-order valence-electron chi connectivity index (χ2n) is 6.57. The third-order valence-electron chi connectivity index (χ3n) is 5.25. The third-order valence-corrected chi connectivity index (χ3v) is 5.25. The van der Waals surface area contributed by atoms with Crippen molar-refractivity contribution in [1.29, 1.82) is 0 Å². The maximum absolute atomic E-state index is 5.66. The van der Waals surface area contributed by atoms with E-state index in [1.54, 1.807) is 0 Å². The number of furan rings is 1. The van der Waals surface area contributed by atoms with Gasteiger partial charge in [0, 0.05) is 23.5 Å². The summed E-state index contributed by atoms with van der Waals surface area (Å²) in [5.74, 6) is 0.893. The Bertz CT molecular complexity index is 592. The summed E-state index contributed by atoms with van der Waals surface area (Å²) in [5.41, 5.74) is 2.35. The van der Waals surface area contributed by atoms with Crippen LogP contribution in [0.25, 0.3) is 11.0 Å². The second-order valence-corrected chi connectivity index (χ2v) is 6.57. The first-order chi connectivity index (χ1) is 10.4. The maximum atomic E-state index is 5.66. The summed E-state index contributed by atoms with van der Waals surface area (Å²) in [6.45, 7) is 4.71. The van der Waals surface area contributed by atoms with E-state index in [2.05, 4.69) is 28.4 Å². The van der Waals surface area contributed by atoms with Crippen LogP contribution in [0.4, 0.5) is 0 Å². The molecule has 21 heavy (non-hydrogen) atoms. The molecule has 1 unspecified atom stereocenters. The first kappa shape index (κ1) is 13.4. The van der Waals surface area contributed by atoms with Crippen LogP contribution in [0.3, 0.4) is 0 Å². The largest absolute Gasteiger partial charge is 0.464 e. The topological polar surface area (TPSA) is 28.4 Å². The van der Waals surface area contributed by atoms with Gasteiger partial charge in [-0.05, 0) is 57.3 Å². The van der Waals surface area contributed by atoms with Gasteiger partial charge in [-0.15, -0.1) is 0 Å². The average molecular weight is 284 g/mol. The van der Waals surface area contributed by atoms with E-state index in [0.717, 1.165) is 24.1 Å². The Balaban J connectivity index is 1.38. The molecule has 0 amide bonds. The van der Waals surface area contributed by atoms with Gasteiger partial charge in [-0.2, -0.15) is 0 Å². The lowest BCUT2D eigenvalue weighted by atomic mass is 9.88. The quantitative estimate of drug-likeness (QED) is 0.936. The molecule has 1 atom stereocenters. The van der Waals surface area contributed by atoms with E-state index in [-0.39, 0.29) is 0 Å². The monoisotopic (exact) mass is 284 g/mol. The lowest BCUT2D eigenvalue weighted by molar-refractivity contribution is 0.157. The Morgan fingerprint density at radius 1 is 1.14 bits per heavy atom. The molecule has 3 heteroatoms. The predicted octanol–water partition coefficient (Wildman–Crippen LogP) is 3.40. The molecule has 1 aromatic heterocycles. The van der Waals surface area contributed by atoms with Crippen LogP contribution in [-0.4, -0.2) is 30.6 Å². The van der Waals surface area contributed by atoms with Crippen LogP contribution in [0.2, 0.25) is 0 Å². The molecule has 0 aliphatic carbocycles. The number of para-hydroxylation sites is 1. The molecule has 0 bridgehead atoms. The van der Waals surface area contributed by atoms with Crippen molar-refractivity contribution in [3.8, 4) is 0 Å². The van der Waals surface area contributed by atoms with Crippen LogP contribution in [0.15, 0.2) is 34.9 Å². The first-order valence-corrected chi connectivity index (χ1v) is 8.31. The molecule has 0 radical (unpaired) electrons. The Morgan fingerprint density at radius 2 is 2.00 bits per heavy atom. The summed E-state index contributed by atoms with van der Waals surface area (Å²) in [4.78, 5) is 2.59. The number of fused-ring (bicyclic) bond motifs is 1. The molecule has 2 aliphatic heterocycles. The van der Waals surface area contributed by atoms with Crippen LogP contribution < -0.4 is 5.32 Å². The fourth-order valence-electron chi connectivity index (χ4n) is 4.02. The van der Waals surface area contributed by atoms with Gasteiger partial charge in [0.1, 0.15) is 5.58 Å². The van der Waals surface area contributed by atoms with Gasteiger partial charge in [-0.25, -0.2) is 0 Å². The van der Waals surface area contributed by atoms with Gasteiger partial charge < -0.3 is 9.73 Å². The highest BCUT2D eigenvalue weighted by atomic mass is 16.3. The zero-order valence-electron chi connectivity index (χ0n) is 12.6. The van der Waals surface area contributed by atoms with Crippen molar-refractivity contribution in [2.24, 2.45) is 5.92 Å². The van der Waals surface area contributed by atoms with Gasteiger partial charge in [-0.3, -0.25) is 4.90 Å². The summed E-state index contributed by atoms with van der Waals surface area (Å²) < 4.78 is 5.66. The van der Waals surface area contributed by atoms with Gasteiger partial charge in [-0.1, -0.05) is 18.2 Å². The lowest BCUT2D eigenvalue weighted by Crippen LogP contribution is -2.40. The van der Waals surface area contributed by atoms with Gasteiger partial charge in [0.05, 0.1) is 6.26 Å². The Hall–Kier alpha value is -1.32. The van der Waals surface area contributed by atoms with Crippen molar-refractivity contribution in [1.82, 2.24) is 10.2 Å². The summed E-state index contributed by atoms with van der Waals surface area (Å²) >= 11 is 0. The molecule has 112 valence electrons. The minimum atomic E-state index is 0.793. The van der Waals surface area contributed by atoms with E-state index < -0.39 is 0 Å². The number of benzene rings is 1. The predicted molar refractivity (Wildman–Crippen MR) is 85.2 cm³/mol. The lowest BCUT2D eigenvalue weighted by Gasteiger charge is -2.34. The smallest absolute Gasteiger partial charge is 0.134 e. The standard InChI is InChI=1S/C18H24N2O/c1-2-6-18-16(4-1)15(13-21-18)12-20-10-7-14(8-11-20)17-5-3-9-19-17/h1-2,4,6,13-14,17,19H,3,5,7-12H2. The minimum Gasteiger partial charge on any atom is -0.464 e. The van der Waals surface area contributed by atoms with Gasteiger partial charge in [0.15, 0.2) is 0 Å². The van der Waals surface area contributed by atoms with E-state index in [1.807, 2.05) is 12.3 Å². The van der Waals surface area contributed by atoms with Crippen molar-refractivity contribution >= 4 is 11.0 Å². The van der Waals surface area contributed by atoms with E-state index in [4.69, 9.17) is 4.42 Å². The summed E-state index contributed by atoms with van der Waals surface area (Å²) in [6, 6.07) is 9.15. The minimum absolute atomic E-state index is 0.793. The van der Waals surface area contributed by atoms with Crippen molar-refractivity contribution in [2.45, 2.75) is 38.3 Å². The van der Waals surface area contributed by atoms with E-state index in [1.165, 1.54) is 56.3 Å². The zero-order valence-corrected chi connectivity index (χ0v) is 12.6. The molecule has 2 aromatic rings. The van der Waals surface area contributed by atoms with Gasteiger partial charge in [0.25, 0.3) is 0 Å². The number of nitrogens with zero attached hydrogens (tertiary/aromatic N) is 1. The Kier molecular flexibility index (Phi) is 3.70. The molecule has 1 N–H and O–H groups in total. The number of rotatable bonds is 3. The average Bonchev–Trinajstić information content (AvgIpc) is 3.19. The number of piperidine rings is 1. The fraction of sp³-hybridized carbons (Fsp3) is 0.556. The van der Waals surface area contributed by atoms with Crippen molar-refractivity contribution in [2.75, 3.05) is 19.6 Å². The second kappa shape index (κ2) is 5.82. The number of hydrogen-bond acceptors (Lipinski definition) is 3. The molecule has 1 aromatic carbocycles. The van der Waals surface area contributed by atoms with Crippen LogP contribution >= 0.6 is 0 Å². The van der Waals surface area contributed by atoms with E-state index in [0.29, 0.717) is 0 Å². The van der Waals surface area contributed by atoms with Crippen LogP contribution in [0, 0.1) is 5.92 Å². The highest BCUT2D eigenvalue weighted by Gasteiger charge is 2.28. The summed E-state index contributed by atoms with van der Waals surface area (Å²) in [5, 5.41) is 4.95. The van der Waals surface area contributed by atoms with Gasteiger partial charge in [0.2, 0.25) is 0 Å². The molecule has 4 rings (SSSR count). The number of likely N-dealkylation sites (tertiary alicyclic amines) is 1. The first-order valence-electron chi connectivity index (χ1n) is 8.31. The molecule has 3 nitrogen and oxygen atoms in total. The SMILES string of the molecule is c1ccc2c(CN3CCC(C4CCCN4)CC3)coc2c1. The normalized spacial score (nSPS) is 24.9. The summed E-state index contributed by atoms with van der Waals surface area (Å²) in [6.07, 6.45) is 7.37. The fourth-order valence-corrected chi connectivity index (χ4v) is 4.02. The maximum Gasteiger partial charge on any atom is 0.134 e. The highest BCUT2D eigenvalue weighted by Crippen LogP contribution is 2.28. The molecule has 2 saturated heterocycles. The summed E-state index contributed by atoms with van der Waals surface area (Å²) in [7, 11) is 0. The highest BCUT2D eigenvalue weighted by molar-refractivity contribution is 5.80. The molecular formula is C18H24N2O. The van der Waals surface area contributed by atoms with Crippen LogP contribution in [0.5, 0.6) is 0 Å². The number of hydrogen-bond donors (Lipinski definition) is 1. The Morgan fingerprint density at radius 3 is 2.81 bits per heavy atom. The van der Waals surface area contributed by atoms with Crippen molar-refractivity contribution in [3.63, 3.8) is 0 Å². The van der Waals surface area contributed by atoms with Crippen LogP contribution in [-0.2, 0) is 6.54 Å². The van der Waals surface area contributed by atoms with E-state index in [9.17, 15) is 0 Å². The van der Waals surface area contributed by atoms with Crippen LogP contribution in [0.1, 0.15) is 31.2 Å². The zero-order chi connectivity index (χ0) is 14.1. The van der Waals surface area contributed by atoms with Gasteiger partial charge >= 0.3 is 0 Å². The molecular weight excluding hydrogens is 260 g/mol. The van der Waals surface area contributed by atoms with Crippen molar-refractivity contribution in [3.05, 3.63) is 36.1 Å². The molecule has 0 spiro atoms. The molecule has 2 aliphatic rings. The molecule has 3 heterocycles. The van der Waals surface area contributed by atoms with E-state index >= 15 is 0 Å².